The van der Waals surface area contributed by atoms with Gasteiger partial charge in [0.25, 0.3) is 5.91 Å². The van der Waals surface area contributed by atoms with Crippen molar-refractivity contribution in [1.29, 1.82) is 0 Å². The highest BCUT2D eigenvalue weighted by molar-refractivity contribution is 5.98. The molecule has 24 heavy (non-hydrogen) atoms. The minimum atomic E-state index is -0.740. The highest BCUT2D eigenvalue weighted by Gasteiger charge is 2.24. The lowest BCUT2D eigenvalue weighted by Gasteiger charge is -2.20. The molecular weight excluding hydrogens is 308 g/mol. The second kappa shape index (κ2) is 7.81. The SMILES string of the molecule is CC(C)[C@@H](NC(N)=O)C(=O)Nc1ccc(C(=O)N2CCCC2)cc1. The van der Waals surface area contributed by atoms with Crippen molar-refractivity contribution < 1.29 is 14.4 Å². The van der Waals surface area contributed by atoms with Crippen LogP contribution in [0.1, 0.15) is 37.0 Å². The molecule has 0 aromatic heterocycles. The van der Waals surface area contributed by atoms with Crippen LogP contribution in [0.4, 0.5) is 10.5 Å². The van der Waals surface area contributed by atoms with Gasteiger partial charge in [-0.05, 0) is 43.0 Å². The molecule has 0 spiro atoms. The molecule has 1 fully saturated rings. The van der Waals surface area contributed by atoms with Crippen LogP contribution in [0.25, 0.3) is 0 Å². The number of nitrogens with zero attached hydrogens (tertiary/aromatic N) is 1. The van der Waals surface area contributed by atoms with Crippen LogP contribution < -0.4 is 16.4 Å². The van der Waals surface area contributed by atoms with E-state index < -0.39 is 12.1 Å². The van der Waals surface area contributed by atoms with E-state index >= 15 is 0 Å². The van der Waals surface area contributed by atoms with Gasteiger partial charge in [0.2, 0.25) is 5.91 Å². The number of carbonyl (C=O) groups is 3. The Morgan fingerprint density at radius 1 is 1.08 bits per heavy atom. The van der Waals surface area contributed by atoms with E-state index in [9.17, 15) is 14.4 Å². The Bertz CT molecular complexity index is 607. The number of hydrogen-bond acceptors (Lipinski definition) is 3. The number of nitrogens with two attached hydrogens (primary N) is 1. The molecule has 0 radical (unpaired) electrons. The fourth-order valence-electron chi connectivity index (χ4n) is 2.71. The predicted molar refractivity (Wildman–Crippen MR) is 91.6 cm³/mol. The fraction of sp³-hybridized carbons (Fsp3) is 0.471. The normalized spacial score (nSPS) is 15.2. The van der Waals surface area contributed by atoms with E-state index in [4.69, 9.17) is 5.73 Å². The van der Waals surface area contributed by atoms with Gasteiger partial charge in [0.1, 0.15) is 6.04 Å². The second-order valence-corrected chi connectivity index (χ2v) is 6.30. The summed E-state index contributed by atoms with van der Waals surface area (Å²) in [4.78, 5) is 37.4. The Labute approximate surface area is 141 Å². The highest BCUT2D eigenvalue weighted by atomic mass is 16.2. The van der Waals surface area contributed by atoms with E-state index in [1.165, 1.54) is 0 Å². The quantitative estimate of drug-likeness (QED) is 0.762. The molecule has 0 saturated carbocycles. The maximum absolute atomic E-state index is 12.3. The van der Waals surface area contributed by atoms with Gasteiger partial charge in [0, 0.05) is 24.3 Å². The molecule has 1 saturated heterocycles. The molecular formula is C17H24N4O3. The molecule has 7 heteroatoms. The molecule has 1 heterocycles. The Morgan fingerprint density at radius 3 is 2.17 bits per heavy atom. The number of hydrogen-bond donors (Lipinski definition) is 3. The first-order valence-corrected chi connectivity index (χ1v) is 8.14. The number of carbonyl (C=O) groups excluding carboxylic acids is 3. The van der Waals surface area contributed by atoms with Gasteiger partial charge >= 0.3 is 6.03 Å². The van der Waals surface area contributed by atoms with Crippen molar-refractivity contribution in [1.82, 2.24) is 10.2 Å². The van der Waals surface area contributed by atoms with Crippen LogP contribution in [0.2, 0.25) is 0 Å². The summed E-state index contributed by atoms with van der Waals surface area (Å²) in [5, 5.41) is 5.16. The summed E-state index contributed by atoms with van der Waals surface area (Å²) in [6.45, 7) is 5.23. The van der Waals surface area contributed by atoms with Crippen LogP contribution >= 0.6 is 0 Å². The summed E-state index contributed by atoms with van der Waals surface area (Å²) >= 11 is 0. The zero-order valence-electron chi connectivity index (χ0n) is 14.0. The molecule has 0 bridgehead atoms. The molecule has 130 valence electrons. The maximum atomic E-state index is 12.3. The minimum Gasteiger partial charge on any atom is -0.352 e. The van der Waals surface area contributed by atoms with Crippen LogP contribution in [0.15, 0.2) is 24.3 Å². The zero-order chi connectivity index (χ0) is 17.7. The number of anilines is 1. The molecule has 1 aromatic rings. The van der Waals surface area contributed by atoms with E-state index in [2.05, 4.69) is 10.6 Å². The standard InChI is InChI=1S/C17H24N4O3/c1-11(2)14(20-17(18)24)15(22)19-13-7-5-12(6-8-13)16(23)21-9-3-4-10-21/h5-8,11,14H,3-4,9-10H2,1-2H3,(H,19,22)(H3,18,20,24)/t14-/m1/s1. The summed E-state index contributed by atoms with van der Waals surface area (Å²) in [5.41, 5.74) is 6.27. The first-order chi connectivity index (χ1) is 11.4. The second-order valence-electron chi connectivity index (χ2n) is 6.30. The smallest absolute Gasteiger partial charge is 0.312 e. The first-order valence-electron chi connectivity index (χ1n) is 8.14. The Hall–Kier alpha value is -2.57. The molecule has 1 aromatic carbocycles. The van der Waals surface area contributed by atoms with Gasteiger partial charge in [-0.3, -0.25) is 9.59 Å². The van der Waals surface area contributed by atoms with E-state index in [1.54, 1.807) is 24.3 Å². The number of rotatable bonds is 5. The van der Waals surface area contributed by atoms with Gasteiger partial charge in [0.15, 0.2) is 0 Å². The molecule has 1 aliphatic heterocycles. The molecule has 1 aliphatic rings. The van der Waals surface area contributed by atoms with Crippen LogP contribution in [-0.2, 0) is 4.79 Å². The summed E-state index contributed by atoms with van der Waals surface area (Å²) in [5.74, 6) is -0.434. The third-order valence-corrected chi connectivity index (χ3v) is 4.04. The third kappa shape index (κ3) is 4.47. The molecule has 1 atom stereocenters. The summed E-state index contributed by atoms with van der Waals surface area (Å²) in [7, 11) is 0. The van der Waals surface area contributed by atoms with Gasteiger partial charge in [-0.15, -0.1) is 0 Å². The van der Waals surface area contributed by atoms with Gasteiger partial charge in [-0.2, -0.15) is 0 Å². The number of nitrogens with one attached hydrogen (secondary N) is 2. The van der Waals surface area contributed by atoms with Crippen molar-refractivity contribution in [3.63, 3.8) is 0 Å². The van der Waals surface area contributed by atoms with Crippen molar-refractivity contribution in [3.05, 3.63) is 29.8 Å². The molecule has 0 aliphatic carbocycles. The molecule has 4 amide bonds. The summed E-state index contributed by atoms with van der Waals surface area (Å²) in [6, 6.07) is 5.31. The van der Waals surface area contributed by atoms with Crippen molar-refractivity contribution in [2.45, 2.75) is 32.7 Å². The lowest BCUT2D eigenvalue weighted by atomic mass is 10.0. The first kappa shape index (κ1) is 17.8. The van der Waals surface area contributed by atoms with Crippen molar-refractivity contribution in [2.75, 3.05) is 18.4 Å². The van der Waals surface area contributed by atoms with E-state index in [-0.39, 0.29) is 17.7 Å². The lowest BCUT2D eigenvalue weighted by molar-refractivity contribution is -0.118. The molecule has 7 nitrogen and oxygen atoms in total. The Kier molecular flexibility index (Phi) is 5.78. The monoisotopic (exact) mass is 332 g/mol. The topological polar surface area (TPSA) is 105 Å². The van der Waals surface area contributed by atoms with Gasteiger partial charge in [-0.1, -0.05) is 13.8 Å². The van der Waals surface area contributed by atoms with E-state index in [0.29, 0.717) is 11.3 Å². The summed E-state index contributed by atoms with van der Waals surface area (Å²) < 4.78 is 0. The van der Waals surface area contributed by atoms with Crippen LogP contribution in [0, 0.1) is 5.92 Å². The van der Waals surface area contributed by atoms with Crippen LogP contribution in [-0.4, -0.2) is 41.9 Å². The zero-order valence-corrected chi connectivity index (χ0v) is 14.0. The average Bonchev–Trinajstić information content (AvgIpc) is 3.06. The van der Waals surface area contributed by atoms with Crippen molar-refractivity contribution in [2.24, 2.45) is 11.7 Å². The van der Waals surface area contributed by atoms with Crippen LogP contribution in [0.3, 0.4) is 0 Å². The predicted octanol–water partition coefficient (Wildman–Crippen LogP) is 1.55. The van der Waals surface area contributed by atoms with Gasteiger partial charge < -0.3 is 21.3 Å². The molecule has 0 unspecified atom stereocenters. The third-order valence-electron chi connectivity index (χ3n) is 4.04. The summed E-state index contributed by atoms with van der Waals surface area (Å²) in [6.07, 6.45) is 2.09. The molecule has 2 rings (SSSR count). The van der Waals surface area contributed by atoms with Crippen molar-refractivity contribution in [3.8, 4) is 0 Å². The van der Waals surface area contributed by atoms with E-state index in [0.717, 1.165) is 25.9 Å². The van der Waals surface area contributed by atoms with Crippen molar-refractivity contribution >= 4 is 23.5 Å². The number of likely N-dealkylation sites (tertiary alicyclic amines) is 1. The average molecular weight is 332 g/mol. The number of amides is 4. The number of urea groups is 1. The van der Waals surface area contributed by atoms with Gasteiger partial charge in [0.05, 0.1) is 0 Å². The Morgan fingerprint density at radius 2 is 1.67 bits per heavy atom. The fourth-order valence-corrected chi connectivity index (χ4v) is 2.71. The molecule has 4 N–H and O–H groups in total. The maximum Gasteiger partial charge on any atom is 0.312 e. The van der Waals surface area contributed by atoms with E-state index in [1.807, 2.05) is 18.7 Å². The van der Waals surface area contributed by atoms with Crippen LogP contribution in [0.5, 0.6) is 0 Å². The largest absolute Gasteiger partial charge is 0.352 e. The minimum absolute atomic E-state index is 0.0147. The van der Waals surface area contributed by atoms with Gasteiger partial charge in [-0.25, -0.2) is 4.79 Å². The highest BCUT2D eigenvalue weighted by Crippen LogP contribution is 2.16. The lowest BCUT2D eigenvalue weighted by Crippen LogP contribution is -2.49. The Balaban J connectivity index is 2.01. The number of primary amides is 1. The number of benzene rings is 1.